The van der Waals surface area contributed by atoms with Crippen molar-refractivity contribution in [2.45, 2.75) is 33.6 Å². The predicted molar refractivity (Wildman–Crippen MR) is 128 cm³/mol. The van der Waals surface area contributed by atoms with Gasteiger partial charge in [0.05, 0.1) is 30.5 Å². The Hall–Kier alpha value is -3.07. The molecule has 2 aromatic rings. The molecule has 2 aromatic carbocycles. The van der Waals surface area contributed by atoms with Gasteiger partial charge in [-0.05, 0) is 78.7 Å². The molecule has 0 saturated carbocycles. The summed E-state index contributed by atoms with van der Waals surface area (Å²) in [6, 6.07) is 10.6. The molecular weight excluding hydrogens is 478 g/mol. The standard InChI is InChI=1S/C23H28BrN3O5/c1-4-30-18-9-7-17(8-10-18)26-21(28)11-12-22(29)27-25-15-16-13-19(24)23(32-6-3)20(14-16)31-5-2/h7-10,13-15H,4-6,11-12H2,1-3H3,(H,26,28)(H,27,29). The van der Waals surface area contributed by atoms with Gasteiger partial charge in [0.2, 0.25) is 11.8 Å². The van der Waals surface area contributed by atoms with Crippen LogP contribution in [-0.2, 0) is 9.59 Å². The van der Waals surface area contributed by atoms with E-state index in [4.69, 9.17) is 14.2 Å². The second kappa shape index (κ2) is 13.4. The van der Waals surface area contributed by atoms with Gasteiger partial charge in [0, 0.05) is 18.5 Å². The van der Waals surface area contributed by atoms with Gasteiger partial charge in [-0.1, -0.05) is 0 Å². The summed E-state index contributed by atoms with van der Waals surface area (Å²) >= 11 is 3.46. The zero-order valence-electron chi connectivity index (χ0n) is 18.4. The molecule has 2 rings (SSSR count). The number of rotatable bonds is 12. The summed E-state index contributed by atoms with van der Waals surface area (Å²) in [5.74, 6) is 1.32. The number of nitrogens with zero attached hydrogens (tertiary/aromatic N) is 1. The largest absolute Gasteiger partial charge is 0.494 e. The van der Waals surface area contributed by atoms with Crippen molar-refractivity contribution in [1.82, 2.24) is 5.43 Å². The second-order valence-corrected chi connectivity index (χ2v) is 7.35. The Bertz CT molecular complexity index is 932. The number of benzene rings is 2. The fourth-order valence-electron chi connectivity index (χ4n) is 2.70. The van der Waals surface area contributed by atoms with Crippen LogP contribution >= 0.6 is 15.9 Å². The molecule has 0 saturated heterocycles. The van der Waals surface area contributed by atoms with Crippen LogP contribution in [0.25, 0.3) is 0 Å². The second-order valence-electron chi connectivity index (χ2n) is 6.49. The lowest BCUT2D eigenvalue weighted by molar-refractivity contribution is -0.124. The Balaban J connectivity index is 1.83. The van der Waals surface area contributed by atoms with Gasteiger partial charge in [-0.15, -0.1) is 0 Å². The van der Waals surface area contributed by atoms with Gasteiger partial charge >= 0.3 is 0 Å². The van der Waals surface area contributed by atoms with E-state index >= 15 is 0 Å². The van der Waals surface area contributed by atoms with Crippen LogP contribution < -0.4 is 25.0 Å². The van der Waals surface area contributed by atoms with Crippen molar-refractivity contribution in [2.24, 2.45) is 5.10 Å². The number of hydrazone groups is 1. The summed E-state index contributed by atoms with van der Waals surface area (Å²) in [5, 5.41) is 6.71. The van der Waals surface area contributed by atoms with Gasteiger partial charge in [-0.25, -0.2) is 5.43 Å². The molecule has 32 heavy (non-hydrogen) atoms. The van der Waals surface area contributed by atoms with E-state index in [0.717, 1.165) is 15.8 Å². The quantitative estimate of drug-likeness (QED) is 0.326. The lowest BCUT2D eigenvalue weighted by Gasteiger charge is -2.13. The summed E-state index contributed by atoms with van der Waals surface area (Å²) in [7, 11) is 0. The number of halogens is 1. The van der Waals surface area contributed by atoms with Crippen molar-refractivity contribution in [1.29, 1.82) is 0 Å². The van der Waals surface area contributed by atoms with Crippen molar-refractivity contribution in [2.75, 3.05) is 25.1 Å². The van der Waals surface area contributed by atoms with E-state index in [1.165, 1.54) is 6.21 Å². The Labute approximate surface area is 196 Å². The normalized spacial score (nSPS) is 10.6. The van der Waals surface area contributed by atoms with Crippen LogP contribution in [0.5, 0.6) is 17.2 Å². The summed E-state index contributed by atoms with van der Waals surface area (Å²) in [6.07, 6.45) is 1.55. The molecule has 0 unspecified atom stereocenters. The van der Waals surface area contributed by atoms with E-state index in [-0.39, 0.29) is 24.7 Å². The van der Waals surface area contributed by atoms with E-state index in [2.05, 4.69) is 31.8 Å². The summed E-state index contributed by atoms with van der Waals surface area (Å²) in [5.41, 5.74) is 3.79. The molecule has 8 nitrogen and oxygen atoms in total. The highest BCUT2D eigenvalue weighted by Gasteiger charge is 2.11. The van der Waals surface area contributed by atoms with Crippen LogP contribution in [0.15, 0.2) is 46.0 Å². The molecule has 0 aromatic heterocycles. The molecule has 172 valence electrons. The highest BCUT2D eigenvalue weighted by atomic mass is 79.9. The molecule has 9 heteroatoms. The lowest BCUT2D eigenvalue weighted by Crippen LogP contribution is -2.20. The third-order valence-electron chi connectivity index (χ3n) is 4.05. The predicted octanol–water partition coefficient (Wildman–Crippen LogP) is 4.51. The van der Waals surface area contributed by atoms with Crippen LogP contribution in [0.3, 0.4) is 0 Å². The SMILES string of the molecule is CCOc1ccc(NC(=O)CCC(=O)NN=Cc2cc(Br)c(OCC)c(OCC)c2)cc1. The average molecular weight is 506 g/mol. The van der Waals surface area contributed by atoms with Crippen molar-refractivity contribution in [3.63, 3.8) is 0 Å². The van der Waals surface area contributed by atoms with Crippen molar-refractivity contribution >= 4 is 39.6 Å². The van der Waals surface area contributed by atoms with Gasteiger partial charge in [0.25, 0.3) is 0 Å². The first kappa shape index (κ1) is 25.2. The summed E-state index contributed by atoms with van der Waals surface area (Å²) < 4.78 is 17.3. The maximum absolute atomic E-state index is 12.1. The molecule has 0 heterocycles. The Kier molecular flexibility index (Phi) is 10.5. The van der Waals surface area contributed by atoms with E-state index in [0.29, 0.717) is 37.0 Å². The third-order valence-corrected chi connectivity index (χ3v) is 4.64. The van der Waals surface area contributed by atoms with Crippen LogP contribution in [0, 0.1) is 0 Å². The topological polar surface area (TPSA) is 98.2 Å². The monoisotopic (exact) mass is 505 g/mol. The highest BCUT2D eigenvalue weighted by Crippen LogP contribution is 2.36. The van der Waals surface area contributed by atoms with E-state index < -0.39 is 0 Å². The summed E-state index contributed by atoms with van der Waals surface area (Å²) in [4.78, 5) is 24.1. The van der Waals surface area contributed by atoms with Crippen molar-refractivity contribution in [3.05, 3.63) is 46.4 Å². The minimum atomic E-state index is -0.363. The van der Waals surface area contributed by atoms with Crippen molar-refractivity contribution in [3.8, 4) is 17.2 Å². The highest BCUT2D eigenvalue weighted by molar-refractivity contribution is 9.10. The summed E-state index contributed by atoms with van der Waals surface area (Å²) in [6.45, 7) is 7.26. The maximum Gasteiger partial charge on any atom is 0.240 e. The molecule has 0 spiro atoms. The number of nitrogens with one attached hydrogen (secondary N) is 2. The molecule has 0 aliphatic rings. The molecule has 0 aliphatic carbocycles. The first-order chi connectivity index (χ1) is 15.5. The van der Waals surface area contributed by atoms with Gasteiger partial charge in [0.1, 0.15) is 5.75 Å². The van der Waals surface area contributed by atoms with Gasteiger partial charge < -0.3 is 19.5 Å². The van der Waals surface area contributed by atoms with Gasteiger partial charge in [0.15, 0.2) is 11.5 Å². The van der Waals surface area contributed by atoms with Gasteiger partial charge in [-0.2, -0.15) is 5.10 Å². The molecule has 0 radical (unpaired) electrons. The van der Waals surface area contributed by atoms with Crippen molar-refractivity contribution < 1.29 is 23.8 Å². The number of anilines is 1. The number of hydrogen-bond donors (Lipinski definition) is 2. The fraction of sp³-hybridized carbons (Fsp3) is 0.348. The van der Waals surface area contributed by atoms with E-state index in [1.54, 1.807) is 30.3 Å². The Morgan fingerprint density at radius 3 is 2.25 bits per heavy atom. The minimum Gasteiger partial charge on any atom is -0.494 e. The number of carbonyl (C=O) groups excluding carboxylic acids is 2. The molecule has 0 atom stereocenters. The van der Waals surface area contributed by atoms with E-state index in [1.807, 2.05) is 26.8 Å². The first-order valence-electron chi connectivity index (χ1n) is 10.4. The lowest BCUT2D eigenvalue weighted by atomic mass is 10.2. The van der Waals surface area contributed by atoms with Crippen LogP contribution in [0.2, 0.25) is 0 Å². The molecule has 0 fully saturated rings. The maximum atomic E-state index is 12.1. The number of hydrogen-bond acceptors (Lipinski definition) is 6. The number of amides is 2. The molecule has 0 aliphatic heterocycles. The zero-order valence-corrected chi connectivity index (χ0v) is 20.0. The first-order valence-corrected chi connectivity index (χ1v) is 11.2. The molecule has 2 amide bonds. The third kappa shape index (κ3) is 8.22. The van der Waals surface area contributed by atoms with Crippen LogP contribution in [0.4, 0.5) is 5.69 Å². The number of ether oxygens (including phenoxy) is 3. The Morgan fingerprint density at radius 1 is 0.938 bits per heavy atom. The molecule has 2 N–H and O–H groups in total. The Morgan fingerprint density at radius 2 is 1.59 bits per heavy atom. The van der Waals surface area contributed by atoms with Crippen LogP contribution in [-0.4, -0.2) is 37.8 Å². The van der Waals surface area contributed by atoms with Crippen LogP contribution in [0.1, 0.15) is 39.2 Å². The zero-order chi connectivity index (χ0) is 23.3. The average Bonchev–Trinajstić information content (AvgIpc) is 2.76. The fourth-order valence-corrected chi connectivity index (χ4v) is 3.27. The molecule has 0 bridgehead atoms. The van der Waals surface area contributed by atoms with E-state index in [9.17, 15) is 9.59 Å². The van der Waals surface area contributed by atoms with Gasteiger partial charge in [-0.3, -0.25) is 9.59 Å². The molecular formula is C23H28BrN3O5. The number of carbonyl (C=O) groups is 2. The smallest absolute Gasteiger partial charge is 0.240 e. The minimum absolute atomic E-state index is 0.0113.